The molecule has 0 unspecified atom stereocenters. The third-order valence-electron chi connectivity index (χ3n) is 5.86. The van der Waals surface area contributed by atoms with Crippen LogP contribution in [-0.4, -0.2) is 17.4 Å². The van der Waals surface area contributed by atoms with E-state index in [1.54, 1.807) is 0 Å². The predicted molar refractivity (Wildman–Crippen MR) is 86.4 cm³/mol. The van der Waals surface area contributed by atoms with Crippen molar-refractivity contribution in [2.45, 2.75) is 58.4 Å². The molecule has 1 aliphatic heterocycles. The third-order valence-corrected chi connectivity index (χ3v) is 5.86. The van der Waals surface area contributed by atoms with Gasteiger partial charge < -0.3 is 4.90 Å². The molecule has 138 valence electrons. The highest BCUT2D eigenvalue weighted by Gasteiger charge is 2.47. The second kappa shape index (κ2) is 6.29. The summed E-state index contributed by atoms with van der Waals surface area (Å²) >= 11 is 0. The number of carbonyl (C=O) groups excluding carboxylic acids is 1. The van der Waals surface area contributed by atoms with Gasteiger partial charge in [-0.3, -0.25) is 4.79 Å². The smallest absolute Gasteiger partial charge is 0.335 e. The summed E-state index contributed by atoms with van der Waals surface area (Å²) in [6, 6.07) is 3.10. The van der Waals surface area contributed by atoms with Gasteiger partial charge in [-0.05, 0) is 42.0 Å². The Morgan fingerprint density at radius 3 is 2.44 bits per heavy atom. The van der Waals surface area contributed by atoms with E-state index in [0.717, 1.165) is 37.8 Å². The van der Waals surface area contributed by atoms with Crippen molar-refractivity contribution in [2.24, 2.45) is 11.3 Å². The topological polar surface area (TPSA) is 20.3 Å². The Balaban J connectivity index is 1.91. The van der Waals surface area contributed by atoms with Crippen LogP contribution in [0.1, 0.15) is 62.4 Å². The molecule has 0 bridgehead atoms. The number of amides is 1. The van der Waals surface area contributed by atoms with Crippen molar-refractivity contribution < 1.29 is 22.4 Å². The number of carbonyl (C=O) groups is 1. The monoisotopic (exact) mass is 357 g/mol. The van der Waals surface area contributed by atoms with Crippen LogP contribution in [-0.2, 0) is 17.5 Å². The first kappa shape index (κ1) is 18.2. The first-order valence-corrected chi connectivity index (χ1v) is 8.78. The lowest BCUT2D eigenvalue weighted by Gasteiger charge is -2.40. The van der Waals surface area contributed by atoms with Crippen LogP contribution in [0.15, 0.2) is 18.2 Å². The van der Waals surface area contributed by atoms with Gasteiger partial charge in [0.15, 0.2) is 0 Å². The van der Waals surface area contributed by atoms with Crippen molar-refractivity contribution in [1.82, 2.24) is 4.90 Å². The number of rotatable bonds is 2. The van der Waals surface area contributed by atoms with E-state index in [0.29, 0.717) is 0 Å². The largest absolute Gasteiger partial charge is 0.416 e. The Morgan fingerprint density at radius 2 is 1.88 bits per heavy atom. The van der Waals surface area contributed by atoms with Gasteiger partial charge in [-0.15, -0.1) is 0 Å². The lowest BCUT2D eigenvalue weighted by Crippen LogP contribution is -2.47. The summed E-state index contributed by atoms with van der Waals surface area (Å²) in [5.74, 6) is 0.0224. The van der Waals surface area contributed by atoms with Crippen molar-refractivity contribution in [1.29, 1.82) is 0 Å². The summed E-state index contributed by atoms with van der Waals surface area (Å²) < 4.78 is 53.4. The second-order valence-electron chi connectivity index (χ2n) is 7.58. The molecular formula is C19H23F4NO. The molecule has 1 fully saturated rings. The summed E-state index contributed by atoms with van der Waals surface area (Å²) in [4.78, 5) is 14.6. The molecule has 0 saturated heterocycles. The molecule has 1 aliphatic carbocycles. The fourth-order valence-electron chi connectivity index (χ4n) is 4.30. The van der Waals surface area contributed by atoms with E-state index in [1.807, 2.05) is 13.8 Å². The Labute approximate surface area is 145 Å². The van der Waals surface area contributed by atoms with E-state index < -0.39 is 23.3 Å². The molecule has 0 radical (unpaired) electrons. The van der Waals surface area contributed by atoms with Crippen molar-refractivity contribution in [3.8, 4) is 0 Å². The molecular weight excluding hydrogens is 334 g/mol. The Hall–Kier alpha value is -1.59. The highest BCUT2D eigenvalue weighted by atomic mass is 19.4. The minimum Gasteiger partial charge on any atom is -0.335 e. The van der Waals surface area contributed by atoms with Crippen molar-refractivity contribution >= 4 is 5.91 Å². The van der Waals surface area contributed by atoms with Gasteiger partial charge in [0.25, 0.3) is 0 Å². The van der Waals surface area contributed by atoms with Crippen LogP contribution in [0, 0.1) is 11.3 Å². The lowest BCUT2D eigenvalue weighted by atomic mass is 9.74. The Kier molecular flexibility index (Phi) is 4.58. The maximum absolute atomic E-state index is 14.6. The second-order valence-corrected chi connectivity index (χ2v) is 7.58. The Bertz CT molecular complexity index is 662. The molecule has 1 saturated carbocycles. The van der Waals surface area contributed by atoms with Crippen molar-refractivity contribution in [3.05, 3.63) is 34.9 Å². The fraction of sp³-hybridized carbons (Fsp3) is 0.632. The predicted octanol–water partition coefficient (Wildman–Crippen LogP) is 5.27. The van der Waals surface area contributed by atoms with E-state index in [-0.39, 0.29) is 36.0 Å². The number of fused-ring (bicyclic) bond motifs is 1. The average Bonchev–Trinajstić information content (AvgIpc) is 3.03. The molecule has 2 aliphatic rings. The molecule has 3 rings (SSSR count). The normalized spacial score (nSPS) is 23.0. The molecule has 1 amide bonds. The van der Waals surface area contributed by atoms with Gasteiger partial charge in [0.1, 0.15) is 6.17 Å². The zero-order chi connectivity index (χ0) is 18.4. The summed E-state index contributed by atoms with van der Waals surface area (Å²) in [7, 11) is 0. The summed E-state index contributed by atoms with van der Waals surface area (Å²) in [5.41, 5.74) is -0.771. The van der Waals surface area contributed by atoms with E-state index in [4.69, 9.17) is 0 Å². The lowest BCUT2D eigenvalue weighted by molar-refractivity contribution is -0.147. The van der Waals surface area contributed by atoms with Crippen LogP contribution in [0.2, 0.25) is 0 Å². The number of nitrogens with zero attached hydrogens (tertiary/aromatic N) is 1. The SMILES string of the molecule is CC(C)C1(C(=O)N2Cc3cc(C(F)(F)F)ccc3[C@@H](F)C2)CCCC1. The van der Waals surface area contributed by atoms with Crippen molar-refractivity contribution in [3.63, 3.8) is 0 Å². The van der Waals surface area contributed by atoms with E-state index in [9.17, 15) is 22.4 Å². The Morgan fingerprint density at radius 1 is 1.24 bits per heavy atom. The maximum atomic E-state index is 14.6. The van der Waals surface area contributed by atoms with Gasteiger partial charge in [0.2, 0.25) is 5.91 Å². The van der Waals surface area contributed by atoms with Gasteiger partial charge in [0.05, 0.1) is 17.5 Å². The number of hydrogen-bond donors (Lipinski definition) is 0. The van der Waals surface area contributed by atoms with Gasteiger partial charge in [-0.1, -0.05) is 32.8 Å². The van der Waals surface area contributed by atoms with Crippen LogP contribution in [0.4, 0.5) is 17.6 Å². The molecule has 2 nitrogen and oxygen atoms in total. The number of alkyl halides is 4. The molecule has 1 atom stereocenters. The minimum atomic E-state index is -4.47. The first-order valence-electron chi connectivity index (χ1n) is 8.78. The minimum absolute atomic E-state index is 0.0486. The van der Waals surface area contributed by atoms with Crippen LogP contribution >= 0.6 is 0 Å². The molecule has 6 heteroatoms. The zero-order valence-electron chi connectivity index (χ0n) is 14.5. The number of benzene rings is 1. The molecule has 25 heavy (non-hydrogen) atoms. The highest BCUT2D eigenvalue weighted by Crippen LogP contribution is 2.47. The van der Waals surface area contributed by atoms with Crippen molar-refractivity contribution in [2.75, 3.05) is 6.54 Å². The van der Waals surface area contributed by atoms with Crippen LogP contribution in [0.5, 0.6) is 0 Å². The van der Waals surface area contributed by atoms with Gasteiger partial charge in [-0.2, -0.15) is 13.2 Å². The molecule has 0 N–H and O–H groups in total. The molecule has 0 aromatic heterocycles. The molecule has 1 aromatic carbocycles. The van der Waals surface area contributed by atoms with Gasteiger partial charge >= 0.3 is 6.18 Å². The zero-order valence-corrected chi connectivity index (χ0v) is 14.5. The van der Waals surface area contributed by atoms with Gasteiger partial charge in [-0.25, -0.2) is 4.39 Å². The quantitative estimate of drug-likeness (QED) is 0.660. The molecule has 1 heterocycles. The highest BCUT2D eigenvalue weighted by molar-refractivity contribution is 5.83. The van der Waals surface area contributed by atoms with Gasteiger partial charge in [0, 0.05) is 6.54 Å². The summed E-state index contributed by atoms with van der Waals surface area (Å²) in [6.45, 7) is 3.96. The summed E-state index contributed by atoms with van der Waals surface area (Å²) in [5, 5.41) is 0. The molecule has 0 spiro atoms. The molecule has 1 aromatic rings. The van der Waals surface area contributed by atoms with E-state index >= 15 is 0 Å². The number of hydrogen-bond acceptors (Lipinski definition) is 1. The van der Waals surface area contributed by atoms with Crippen LogP contribution in [0.3, 0.4) is 0 Å². The van der Waals surface area contributed by atoms with E-state index in [1.165, 1.54) is 11.0 Å². The maximum Gasteiger partial charge on any atom is 0.416 e. The number of halogens is 4. The fourth-order valence-corrected chi connectivity index (χ4v) is 4.30. The average molecular weight is 357 g/mol. The van der Waals surface area contributed by atoms with Crippen LogP contribution < -0.4 is 0 Å². The standard InChI is InChI=1S/C19H23F4NO/c1-12(2)18(7-3-4-8-18)17(25)24-10-13-9-14(19(21,22)23)5-6-15(13)16(20)11-24/h5-6,9,12,16H,3-4,7-8,10-11H2,1-2H3/t16-/m0/s1. The van der Waals surface area contributed by atoms with Crippen LogP contribution in [0.25, 0.3) is 0 Å². The van der Waals surface area contributed by atoms with E-state index in [2.05, 4.69) is 0 Å². The summed E-state index contributed by atoms with van der Waals surface area (Å²) in [6.07, 6.45) is -2.45. The third kappa shape index (κ3) is 3.15. The first-order chi connectivity index (χ1) is 11.6.